The van der Waals surface area contributed by atoms with Gasteiger partial charge in [-0.25, -0.2) is 9.50 Å². The first kappa shape index (κ1) is 7.78. The smallest absolute Gasteiger partial charge is 0.277 e. The molecule has 2 aromatic heterocycles. The Kier molecular flexibility index (Phi) is 1.67. The van der Waals surface area contributed by atoms with Gasteiger partial charge in [0, 0.05) is 0 Å². The molecule has 0 unspecified atom stereocenters. The molecule has 2 rings (SSSR count). The lowest BCUT2D eigenvalue weighted by atomic mass is 10.1. The lowest BCUT2D eigenvalue weighted by molar-refractivity contribution is 0.903. The van der Waals surface area contributed by atoms with Gasteiger partial charge in [-0.2, -0.15) is 5.10 Å². The number of hydrogen-bond donors (Lipinski definition) is 1. The zero-order valence-electron chi connectivity index (χ0n) is 5.78. The van der Waals surface area contributed by atoms with Crippen LogP contribution in [0.15, 0.2) is 11.1 Å². The molecule has 0 aliphatic heterocycles. The van der Waals surface area contributed by atoms with Gasteiger partial charge in [-0.1, -0.05) is 0 Å². The number of rotatable bonds is 0. The molecule has 2 heterocycles. The molecule has 0 aliphatic rings. The first-order valence-electron chi connectivity index (χ1n) is 3.07. The maximum atomic E-state index is 11.2. The molecule has 0 aromatic carbocycles. The largest absolute Gasteiger partial charge is 0.310 e. The molecule has 0 saturated carbocycles. The second-order valence-corrected chi connectivity index (χ2v) is 3.16. The number of nitrogens with zero attached hydrogens (tertiary/aromatic N) is 3. The quantitative estimate of drug-likeness (QED) is 0.485. The fourth-order valence-electron chi connectivity index (χ4n) is 0.923. The van der Waals surface area contributed by atoms with Crippen LogP contribution in [0.3, 0.4) is 0 Å². The van der Waals surface area contributed by atoms with Crippen molar-refractivity contribution in [3.05, 3.63) is 20.4 Å². The third-order valence-corrected chi connectivity index (χ3v) is 2.17. The Morgan fingerprint density at radius 3 is 3.08 bits per heavy atom. The first-order chi connectivity index (χ1) is 5.70. The van der Waals surface area contributed by atoms with Crippen LogP contribution < -0.4 is 11.3 Å². The van der Waals surface area contributed by atoms with E-state index in [1.807, 2.05) is 22.6 Å². The lowest BCUT2D eigenvalue weighted by Gasteiger charge is -1.91. The molecule has 0 amide bonds. The topological polar surface area (TPSA) is 63.0 Å². The molecular formula is C5H2BIN4O. The number of halogens is 1. The Labute approximate surface area is 81.8 Å². The predicted octanol–water partition coefficient (Wildman–Crippen LogP) is -1.18. The molecule has 0 bridgehead atoms. The highest BCUT2D eigenvalue weighted by atomic mass is 127. The first-order valence-corrected chi connectivity index (χ1v) is 4.15. The number of aromatic amines is 1. The van der Waals surface area contributed by atoms with Crippen molar-refractivity contribution < 1.29 is 0 Å². The summed E-state index contributed by atoms with van der Waals surface area (Å²) in [5, 5.41) is 3.83. The summed E-state index contributed by atoms with van der Waals surface area (Å²) >= 11 is 1.93. The molecular weight excluding hydrogens is 270 g/mol. The van der Waals surface area contributed by atoms with Gasteiger partial charge in [0.15, 0.2) is 13.4 Å². The second kappa shape index (κ2) is 2.58. The van der Waals surface area contributed by atoms with E-state index in [1.54, 1.807) is 0 Å². The van der Waals surface area contributed by atoms with Gasteiger partial charge in [0.25, 0.3) is 5.56 Å². The summed E-state index contributed by atoms with van der Waals surface area (Å²) in [6.07, 6.45) is 1.28. The van der Waals surface area contributed by atoms with E-state index in [4.69, 9.17) is 7.85 Å². The average molecular weight is 272 g/mol. The minimum atomic E-state index is -0.237. The number of fused-ring (bicyclic) bond motifs is 1. The summed E-state index contributed by atoms with van der Waals surface area (Å²) in [6.45, 7) is 0. The molecule has 0 aliphatic carbocycles. The Hall–Kier alpha value is -0.855. The van der Waals surface area contributed by atoms with Crippen LogP contribution >= 0.6 is 22.6 Å². The van der Waals surface area contributed by atoms with Gasteiger partial charge in [0.05, 0.1) is 5.72 Å². The van der Waals surface area contributed by atoms with Crippen molar-refractivity contribution in [3.8, 4) is 0 Å². The zero-order chi connectivity index (χ0) is 8.72. The third-order valence-electron chi connectivity index (χ3n) is 1.42. The molecule has 0 fully saturated rings. The van der Waals surface area contributed by atoms with Gasteiger partial charge in [0.2, 0.25) is 0 Å². The lowest BCUT2D eigenvalue weighted by Crippen LogP contribution is -2.19. The van der Waals surface area contributed by atoms with Gasteiger partial charge >= 0.3 is 0 Å². The van der Waals surface area contributed by atoms with E-state index in [-0.39, 0.29) is 11.3 Å². The monoisotopic (exact) mass is 272 g/mol. The van der Waals surface area contributed by atoms with E-state index < -0.39 is 0 Å². The van der Waals surface area contributed by atoms with Crippen molar-refractivity contribution in [3.63, 3.8) is 0 Å². The normalized spacial score (nSPS) is 10.8. The summed E-state index contributed by atoms with van der Waals surface area (Å²) in [5.41, 5.74) is 0.370. The van der Waals surface area contributed by atoms with Crippen LogP contribution in [0.5, 0.6) is 0 Å². The van der Waals surface area contributed by atoms with Crippen LogP contribution in [0, 0.1) is 3.70 Å². The van der Waals surface area contributed by atoms with Crippen molar-refractivity contribution in [2.45, 2.75) is 0 Å². The summed E-state index contributed by atoms with van der Waals surface area (Å²) in [5.74, 6) is 0. The Bertz CT molecular complexity index is 490. The van der Waals surface area contributed by atoms with Gasteiger partial charge in [-0.15, -0.1) is 0 Å². The van der Waals surface area contributed by atoms with Crippen LogP contribution in [0.1, 0.15) is 0 Å². The molecule has 2 radical (unpaired) electrons. The summed E-state index contributed by atoms with van der Waals surface area (Å²) < 4.78 is 1.86. The number of nitrogens with one attached hydrogen (secondary N) is 1. The predicted molar refractivity (Wildman–Crippen MR) is 51.7 cm³/mol. The van der Waals surface area contributed by atoms with Crippen molar-refractivity contribution in [1.29, 1.82) is 0 Å². The maximum Gasteiger partial charge on any atom is 0.277 e. The Morgan fingerprint density at radius 1 is 1.67 bits per heavy atom. The summed E-state index contributed by atoms with van der Waals surface area (Å²) in [7, 11) is 5.48. The van der Waals surface area contributed by atoms with Gasteiger partial charge in [0.1, 0.15) is 10.0 Å². The van der Waals surface area contributed by atoms with Crippen molar-refractivity contribution in [1.82, 2.24) is 19.6 Å². The van der Waals surface area contributed by atoms with E-state index in [0.717, 1.165) is 0 Å². The number of hydrogen-bond acceptors (Lipinski definition) is 3. The molecule has 5 nitrogen and oxygen atoms in total. The van der Waals surface area contributed by atoms with Crippen molar-refractivity contribution in [2.75, 3.05) is 0 Å². The maximum absolute atomic E-state index is 11.2. The summed E-state index contributed by atoms with van der Waals surface area (Å²) in [4.78, 5) is 17.5. The molecule has 0 atom stereocenters. The van der Waals surface area contributed by atoms with Crippen molar-refractivity contribution >= 4 is 41.7 Å². The van der Waals surface area contributed by atoms with Gasteiger partial charge < -0.3 is 4.98 Å². The second-order valence-electron chi connectivity index (χ2n) is 2.14. The Balaban J connectivity index is 3.09. The van der Waals surface area contributed by atoms with Crippen LogP contribution in [0.4, 0.5) is 0 Å². The van der Waals surface area contributed by atoms with E-state index in [9.17, 15) is 4.79 Å². The van der Waals surface area contributed by atoms with Crippen LogP contribution in [0.25, 0.3) is 5.52 Å². The highest BCUT2D eigenvalue weighted by Crippen LogP contribution is 2.02. The molecule has 0 spiro atoms. The van der Waals surface area contributed by atoms with Crippen LogP contribution in [0.2, 0.25) is 0 Å². The fourth-order valence-corrected chi connectivity index (χ4v) is 1.64. The van der Waals surface area contributed by atoms with E-state index in [0.29, 0.717) is 9.22 Å². The summed E-state index contributed by atoms with van der Waals surface area (Å²) in [6, 6.07) is 0. The molecule has 0 saturated heterocycles. The van der Waals surface area contributed by atoms with E-state index >= 15 is 0 Å². The average Bonchev–Trinajstić information content (AvgIpc) is 2.29. The molecule has 12 heavy (non-hydrogen) atoms. The van der Waals surface area contributed by atoms with Crippen molar-refractivity contribution in [2.24, 2.45) is 0 Å². The SMILES string of the molecule is [B]c1nc(I)c2c(=O)[nH]cnn12. The number of aromatic nitrogens is 4. The minimum Gasteiger partial charge on any atom is -0.310 e. The molecule has 1 N–H and O–H groups in total. The van der Waals surface area contributed by atoms with Crippen LogP contribution in [-0.2, 0) is 0 Å². The van der Waals surface area contributed by atoms with Crippen LogP contribution in [-0.4, -0.2) is 27.4 Å². The third kappa shape index (κ3) is 0.960. The van der Waals surface area contributed by atoms with E-state index in [1.165, 1.54) is 10.8 Å². The Morgan fingerprint density at radius 2 is 2.42 bits per heavy atom. The van der Waals surface area contributed by atoms with Gasteiger partial charge in [-0.05, 0) is 22.6 Å². The molecule has 7 heteroatoms. The minimum absolute atomic E-state index is 0.223. The number of H-pyrrole nitrogens is 1. The standard InChI is InChI=1S/C5H2BIN4O/c6-5-10-3(7)2-4(12)8-1-9-11(2)5/h1H,(H,8,9,12). The molecule has 58 valence electrons. The highest BCUT2D eigenvalue weighted by molar-refractivity contribution is 14.1. The highest BCUT2D eigenvalue weighted by Gasteiger charge is 2.08. The van der Waals surface area contributed by atoms with Gasteiger partial charge in [-0.3, -0.25) is 4.79 Å². The zero-order valence-corrected chi connectivity index (χ0v) is 7.94. The molecule has 2 aromatic rings. The van der Waals surface area contributed by atoms with E-state index in [2.05, 4.69) is 15.1 Å². The number of imidazole rings is 1. The fraction of sp³-hybridized carbons (Fsp3) is 0.